The van der Waals surface area contributed by atoms with Crippen LogP contribution in [-0.4, -0.2) is 12.6 Å². The van der Waals surface area contributed by atoms with Gasteiger partial charge in [0.25, 0.3) is 0 Å². The van der Waals surface area contributed by atoms with E-state index in [0.29, 0.717) is 0 Å². The highest BCUT2D eigenvalue weighted by Gasteiger charge is 2.34. The van der Waals surface area contributed by atoms with E-state index >= 15 is 0 Å². The van der Waals surface area contributed by atoms with Gasteiger partial charge in [-0.1, -0.05) is 19.8 Å². The van der Waals surface area contributed by atoms with E-state index in [1.165, 1.54) is 32.2 Å². The molecule has 1 heterocycles. The van der Waals surface area contributed by atoms with Crippen LogP contribution >= 0.6 is 0 Å². The molecule has 1 saturated carbocycles. The smallest absolute Gasteiger partial charge is 0.00984 e. The maximum Gasteiger partial charge on any atom is 0.00984 e. The zero-order valence-corrected chi connectivity index (χ0v) is 6.77. The summed E-state index contributed by atoms with van der Waals surface area (Å²) in [5.41, 5.74) is 0. The molecule has 1 nitrogen and oxygen atoms in total. The summed E-state index contributed by atoms with van der Waals surface area (Å²) in [5.74, 6) is 1.97. The Bertz CT molecular complexity index is 120. The lowest BCUT2D eigenvalue weighted by Crippen LogP contribution is -2.29. The molecule has 1 N–H and O–H groups in total. The van der Waals surface area contributed by atoms with Crippen molar-refractivity contribution in [3.8, 4) is 0 Å². The summed E-state index contributed by atoms with van der Waals surface area (Å²) in [6, 6.07) is 0.892. The van der Waals surface area contributed by atoms with Crippen LogP contribution in [0.4, 0.5) is 0 Å². The number of hydrogen-bond donors (Lipinski definition) is 1. The molecule has 2 aliphatic rings. The van der Waals surface area contributed by atoms with E-state index in [1.54, 1.807) is 0 Å². The van der Waals surface area contributed by atoms with E-state index in [2.05, 4.69) is 12.2 Å². The molecular formula is C9H17N. The topological polar surface area (TPSA) is 12.0 Å². The monoisotopic (exact) mass is 139 g/mol. The summed E-state index contributed by atoms with van der Waals surface area (Å²) >= 11 is 0. The molecule has 1 saturated heterocycles. The molecule has 0 aromatic heterocycles. The van der Waals surface area contributed by atoms with Crippen LogP contribution in [0.1, 0.15) is 32.6 Å². The Morgan fingerprint density at radius 1 is 1.20 bits per heavy atom. The first-order valence-electron chi connectivity index (χ1n) is 4.61. The largest absolute Gasteiger partial charge is 0.313 e. The average Bonchev–Trinajstić information content (AvgIpc) is 2.34. The molecular weight excluding hydrogens is 122 g/mol. The van der Waals surface area contributed by atoms with Crippen molar-refractivity contribution in [2.45, 2.75) is 38.6 Å². The minimum atomic E-state index is 0.892. The van der Waals surface area contributed by atoms with Crippen molar-refractivity contribution in [2.75, 3.05) is 6.54 Å². The lowest BCUT2D eigenvalue weighted by Gasteiger charge is -2.26. The van der Waals surface area contributed by atoms with Crippen molar-refractivity contribution in [1.82, 2.24) is 5.32 Å². The second-order valence-corrected chi connectivity index (χ2v) is 3.94. The Morgan fingerprint density at radius 3 is 2.80 bits per heavy atom. The third kappa shape index (κ3) is 0.968. The number of fused-ring (bicyclic) bond motifs is 1. The van der Waals surface area contributed by atoms with Crippen LogP contribution in [0.25, 0.3) is 0 Å². The Morgan fingerprint density at radius 2 is 2.00 bits per heavy atom. The zero-order chi connectivity index (χ0) is 6.97. The van der Waals surface area contributed by atoms with Crippen LogP contribution < -0.4 is 5.32 Å². The Kier molecular flexibility index (Phi) is 1.69. The van der Waals surface area contributed by atoms with E-state index in [9.17, 15) is 0 Å². The number of nitrogens with one attached hydrogen (secondary N) is 1. The van der Waals surface area contributed by atoms with Gasteiger partial charge in [-0.25, -0.2) is 0 Å². The number of rotatable bonds is 0. The highest BCUT2D eigenvalue weighted by Crippen LogP contribution is 2.33. The van der Waals surface area contributed by atoms with Crippen LogP contribution in [0.5, 0.6) is 0 Å². The standard InChI is InChI=1S/C9H17N/c1-7-6-10-9-5-3-2-4-8(7)9/h7-10H,2-6H2,1H3/t7-,8-,9-/m1/s1. The van der Waals surface area contributed by atoms with E-state index in [-0.39, 0.29) is 0 Å². The van der Waals surface area contributed by atoms with Crippen LogP contribution in [0.3, 0.4) is 0 Å². The molecule has 58 valence electrons. The highest BCUT2D eigenvalue weighted by atomic mass is 15.0. The van der Waals surface area contributed by atoms with Crippen LogP contribution in [0.2, 0.25) is 0 Å². The maximum atomic E-state index is 3.61. The van der Waals surface area contributed by atoms with Gasteiger partial charge in [0.15, 0.2) is 0 Å². The van der Waals surface area contributed by atoms with Crippen molar-refractivity contribution < 1.29 is 0 Å². The van der Waals surface area contributed by atoms with Gasteiger partial charge in [0.2, 0.25) is 0 Å². The van der Waals surface area contributed by atoms with Crippen LogP contribution in [-0.2, 0) is 0 Å². The van der Waals surface area contributed by atoms with Gasteiger partial charge in [0.05, 0.1) is 0 Å². The minimum Gasteiger partial charge on any atom is -0.313 e. The van der Waals surface area contributed by atoms with Gasteiger partial charge in [-0.3, -0.25) is 0 Å². The lowest BCUT2D eigenvalue weighted by molar-refractivity contribution is 0.285. The first-order valence-corrected chi connectivity index (χ1v) is 4.61. The van der Waals surface area contributed by atoms with Gasteiger partial charge in [-0.15, -0.1) is 0 Å². The SMILES string of the molecule is C[C@@H]1CN[C@@H]2CCCC[C@H]12. The quantitative estimate of drug-likeness (QED) is 0.539. The molecule has 0 bridgehead atoms. The van der Waals surface area contributed by atoms with Crippen molar-refractivity contribution in [3.05, 3.63) is 0 Å². The first-order chi connectivity index (χ1) is 4.88. The van der Waals surface area contributed by atoms with E-state index in [1.807, 2.05) is 0 Å². The van der Waals surface area contributed by atoms with Gasteiger partial charge in [-0.05, 0) is 31.2 Å². The fraction of sp³-hybridized carbons (Fsp3) is 1.00. The Labute approximate surface area is 63.2 Å². The van der Waals surface area contributed by atoms with E-state index in [4.69, 9.17) is 0 Å². The second-order valence-electron chi connectivity index (χ2n) is 3.94. The van der Waals surface area contributed by atoms with Gasteiger partial charge in [-0.2, -0.15) is 0 Å². The molecule has 1 aliphatic heterocycles. The normalized spacial score (nSPS) is 47.1. The lowest BCUT2D eigenvalue weighted by atomic mass is 9.81. The third-order valence-electron chi connectivity index (χ3n) is 3.25. The molecule has 0 unspecified atom stereocenters. The van der Waals surface area contributed by atoms with Crippen molar-refractivity contribution >= 4 is 0 Å². The first kappa shape index (κ1) is 6.66. The van der Waals surface area contributed by atoms with Gasteiger partial charge in [0, 0.05) is 6.04 Å². The van der Waals surface area contributed by atoms with Crippen LogP contribution in [0, 0.1) is 11.8 Å². The van der Waals surface area contributed by atoms with Gasteiger partial charge < -0.3 is 5.32 Å². The molecule has 2 rings (SSSR count). The highest BCUT2D eigenvalue weighted by molar-refractivity contribution is 4.90. The molecule has 0 radical (unpaired) electrons. The van der Waals surface area contributed by atoms with Crippen molar-refractivity contribution in [2.24, 2.45) is 11.8 Å². The Hall–Kier alpha value is -0.0400. The van der Waals surface area contributed by atoms with E-state index in [0.717, 1.165) is 17.9 Å². The summed E-state index contributed by atoms with van der Waals surface area (Å²) < 4.78 is 0. The molecule has 3 atom stereocenters. The molecule has 0 aromatic carbocycles. The average molecular weight is 139 g/mol. The van der Waals surface area contributed by atoms with Gasteiger partial charge in [0.1, 0.15) is 0 Å². The Balaban J connectivity index is 2.01. The van der Waals surface area contributed by atoms with Crippen molar-refractivity contribution in [3.63, 3.8) is 0 Å². The van der Waals surface area contributed by atoms with Crippen LogP contribution in [0.15, 0.2) is 0 Å². The molecule has 2 fully saturated rings. The second kappa shape index (κ2) is 2.54. The zero-order valence-electron chi connectivity index (χ0n) is 6.77. The summed E-state index contributed by atoms with van der Waals surface area (Å²) in [4.78, 5) is 0. The third-order valence-corrected chi connectivity index (χ3v) is 3.25. The molecule has 0 aromatic rings. The summed E-state index contributed by atoms with van der Waals surface area (Å²) in [6.45, 7) is 3.66. The summed E-state index contributed by atoms with van der Waals surface area (Å²) in [7, 11) is 0. The molecule has 10 heavy (non-hydrogen) atoms. The predicted molar refractivity (Wildman–Crippen MR) is 42.9 cm³/mol. The fourth-order valence-corrected chi connectivity index (χ4v) is 2.58. The molecule has 0 spiro atoms. The van der Waals surface area contributed by atoms with E-state index < -0.39 is 0 Å². The minimum absolute atomic E-state index is 0.892. The molecule has 0 amide bonds. The molecule has 1 heteroatoms. The summed E-state index contributed by atoms with van der Waals surface area (Å²) in [5, 5.41) is 3.61. The fourth-order valence-electron chi connectivity index (χ4n) is 2.58. The summed E-state index contributed by atoms with van der Waals surface area (Å²) in [6.07, 6.45) is 5.86. The van der Waals surface area contributed by atoms with Crippen molar-refractivity contribution in [1.29, 1.82) is 0 Å². The predicted octanol–water partition coefficient (Wildman–Crippen LogP) is 1.78. The number of hydrogen-bond acceptors (Lipinski definition) is 1. The maximum absolute atomic E-state index is 3.61. The molecule has 1 aliphatic carbocycles. The van der Waals surface area contributed by atoms with Gasteiger partial charge >= 0.3 is 0 Å².